The standard InChI is InChI=1S/C12H24N2O2S/c1-10-5-7-14(9-11(10)15)12(16)13-6-3-4-8-17-2/h10-11,15H,3-9H2,1-2H3,(H,13,16). The van der Waals surface area contributed by atoms with Crippen LogP contribution in [0.4, 0.5) is 4.79 Å². The number of amides is 2. The molecule has 1 fully saturated rings. The minimum atomic E-state index is -0.369. The van der Waals surface area contributed by atoms with Crippen LogP contribution in [-0.2, 0) is 0 Å². The van der Waals surface area contributed by atoms with Crippen molar-refractivity contribution in [2.45, 2.75) is 32.3 Å². The van der Waals surface area contributed by atoms with Gasteiger partial charge in [0.1, 0.15) is 0 Å². The summed E-state index contributed by atoms with van der Waals surface area (Å²) < 4.78 is 0. The van der Waals surface area contributed by atoms with Crippen molar-refractivity contribution in [3.8, 4) is 0 Å². The summed E-state index contributed by atoms with van der Waals surface area (Å²) >= 11 is 1.83. The highest BCUT2D eigenvalue weighted by molar-refractivity contribution is 7.98. The number of hydrogen-bond acceptors (Lipinski definition) is 3. The van der Waals surface area contributed by atoms with E-state index in [0.717, 1.165) is 38.1 Å². The number of carbonyl (C=O) groups is 1. The smallest absolute Gasteiger partial charge is 0.317 e. The van der Waals surface area contributed by atoms with Gasteiger partial charge in [-0.3, -0.25) is 0 Å². The predicted octanol–water partition coefficient (Wildman–Crippen LogP) is 1.54. The molecule has 5 heteroatoms. The first-order chi connectivity index (χ1) is 8.15. The second-order valence-corrected chi connectivity index (χ2v) is 5.70. The number of nitrogens with one attached hydrogen (secondary N) is 1. The lowest BCUT2D eigenvalue weighted by atomic mass is 9.96. The number of urea groups is 1. The van der Waals surface area contributed by atoms with Crippen LogP contribution in [0.25, 0.3) is 0 Å². The molecule has 0 aromatic carbocycles. The molecule has 0 bridgehead atoms. The molecule has 0 radical (unpaired) electrons. The minimum Gasteiger partial charge on any atom is -0.391 e. The molecule has 0 aliphatic carbocycles. The first kappa shape index (κ1) is 14.6. The average Bonchev–Trinajstić information content (AvgIpc) is 2.32. The fraction of sp³-hybridized carbons (Fsp3) is 0.917. The third-order valence-electron chi connectivity index (χ3n) is 3.26. The molecule has 0 spiro atoms. The quantitative estimate of drug-likeness (QED) is 0.737. The molecule has 0 aromatic rings. The fourth-order valence-corrected chi connectivity index (χ4v) is 2.40. The zero-order chi connectivity index (χ0) is 12.7. The van der Waals surface area contributed by atoms with Gasteiger partial charge in [0.2, 0.25) is 0 Å². The van der Waals surface area contributed by atoms with E-state index in [1.54, 1.807) is 4.90 Å². The van der Waals surface area contributed by atoms with Gasteiger partial charge in [0, 0.05) is 19.6 Å². The molecule has 0 saturated carbocycles. The highest BCUT2D eigenvalue weighted by Crippen LogP contribution is 2.16. The Kier molecular flexibility index (Phi) is 6.73. The van der Waals surface area contributed by atoms with Gasteiger partial charge in [0.15, 0.2) is 0 Å². The molecule has 1 saturated heterocycles. The lowest BCUT2D eigenvalue weighted by Crippen LogP contribution is -2.49. The Bertz CT molecular complexity index is 239. The van der Waals surface area contributed by atoms with Crippen molar-refractivity contribution in [1.29, 1.82) is 0 Å². The van der Waals surface area contributed by atoms with Crippen LogP contribution in [0.15, 0.2) is 0 Å². The lowest BCUT2D eigenvalue weighted by Gasteiger charge is -2.34. The number of likely N-dealkylation sites (tertiary alicyclic amines) is 1. The highest BCUT2D eigenvalue weighted by Gasteiger charge is 2.26. The van der Waals surface area contributed by atoms with E-state index in [-0.39, 0.29) is 12.1 Å². The number of β-amino-alcohol motifs (C(OH)–C–C–N with tert-alkyl or cyclic N) is 1. The summed E-state index contributed by atoms with van der Waals surface area (Å²) in [6.07, 6.45) is 4.78. The molecular weight excluding hydrogens is 236 g/mol. The molecule has 17 heavy (non-hydrogen) atoms. The molecule has 4 nitrogen and oxygen atoms in total. The number of thioether (sulfide) groups is 1. The summed E-state index contributed by atoms with van der Waals surface area (Å²) in [6.45, 7) is 4.00. The Morgan fingerprint density at radius 3 is 2.94 bits per heavy atom. The van der Waals surface area contributed by atoms with Crippen LogP contribution in [0.3, 0.4) is 0 Å². The maximum Gasteiger partial charge on any atom is 0.317 e. The van der Waals surface area contributed by atoms with Crippen molar-refractivity contribution in [3.05, 3.63) is 0 Å². The summed E-state index contributed by atoms with van der Waals surface area (Å²) in [4.78, 5) is 13.5. The molecular formula is C12H24N2O2S. The SMILES string of the molecule is CSCCCCNC(=O)N1CCC(C)C(O)C1. The summed E-state index contributed by atoms with van der Waals surface area (Å²) in [6, 6.07) is -0.0277. The summed E-state index contributed by atoms with van der Waals surface area (Å²) in [5.41, 5.74) is 0. The van der Waals surface area contributed by atoms with E-state index in [9.17, 15) is 9.90 Å². The van der Waals surface area contributed by atoms with Crippen molar-refractivity contribution in [2.24, 2.45) is 5.92 Å². The molecule has 2 N–H and O–H groups in total. The van der Waals surface area contributed by atoms with E-state index in [1.807, 2.05) is 18.7 Å². The van der Waals surface area contributed by atoms with E-state index >= 15 is 0 Å². The van der Waals surface area contributed by atoms with Crippen LogP contribution in [0.1, 0.15) is 26.2 Å². The molecule has 1 aliphatic rings. The van der Waals surface area contributed by atoms with Crippen LogP contribution in [0.5, 0.6) is 0 Å². The number of hydrogen-bond donors (Lipinski definition) is 2. The molecule has 1 aliphatic heterocycles. The van der Waals surface area contributed by atoms with Crippen LogP contribution in [0, 0.1) is 5.92 Å². The van der Waals surface area contributed by atoms with Gasteiger partial charge in [0.25, 0.3) is 0 Å². The number of nitrogens with zero attached hydrogens (tertiary/aromatic N) is 1. The lowest BCUT2D eigenvalue weighted by molar-refractivity contribution is 0.0436. The van der Waals surface area contributed by atoms with Crippen molar-refractivity contribution >= 4 is 17.8 Å². The molecule has 2 unspecified atom stereocenters. The summed E-state index contributed by atoms with van der Waals surface area (Å²) in [7, 11) is 0. The molecule has 2 amide bonds. The Morgan fingerprint density at radius 1 is 1.53 bits per heavy atom. The molecule has 1 rings (SSSR count). The third kappa shape index (κ3) is 5.17. The minimum absolute atomic E-state index is 0.0277. The van der Waals surface area contributed by atoms with Gasteiger partial charge in [0.05, 0.1) is 6.10 Å². The number of aliphatic hydroxyl groups excluding tert-OH is 1. The molecule has 100 valence electrons. The zero-order valence-electron chi connectivity index (χ0n) is 10.8. The van der Waals surface area contributed by atoms with E-state index in [2.05, 4.69) is 11.6 Å². The molecule has 1 heterocycles. The Balaban J connectivity index is 2.15. The number of aliphatic hydroxyl groups is 1. The summed E-state index contributed by atoms with van der Waals surface area (Å²) in [5.74, 6) is 1.45. The summed E-state index contributed by atoms with van der Waals surface area (Å²) in [5, 5.41) is 12.6. The fourth-order valence-electron chi connectivity index (χ4n) is 1.91. The van der Waals surface area contributed by atoms with Crippen molar-refractivity contribution in [1.82, 2.24) is 10.2 Å². The van der Waals surface area contributed by atoms with Gasteiger partial charge >= 0.3 is 6.03 Å². The molecule has 0 aromatic heterocycles. The maximum absolute atomic E-state index is 11.8. The van der Waals surface area contributed by atoms with Gasteiger partial charge in [-0.2, -0.15) is 11.8 Å². The van der Waals surface area contributed by atoms with Gasteiger partial charge in [-0.05, 0) is 37.2 Å². The largest absolute Gasteiger partial charge is 0.391 e. The number of rotatable bonds is 5. The number of unbranched alkanes of at least 4 members (excludes halogenated alkanes) is 1. The average molecular weight is 260 g/mol. The van der Waals surface area contributed by atoms with Gasteiger partial charge in [-0.15, -0.1) is 0 Å². The van der Waals surface area contributed by atoms with E-state index in [4.69, 9.17) is 0 Å². The van der Waals surface area contributed by atoms with E-state index < -0.39 is 0 Å². The van der Waals surface area contributed by atoms with Crippen molar-refractivity contribution in [3.63, 3.8) is 0 Å². The maximum atomic E-state index is 11.8. The van der Waals surface area contributed by atoms with E-state index in [0.29, 0.717) is 12.5 Å². The van der Waals surface area contributed by atoms with Crippen LogP contribution < -0.4 is 5.32 Å². The second kappa shape index (κ2) is 7.82. The Labute approximate surface area is 108 Å². The first-order valence-corrected chi connectivity index (χ1v) is 7.74. The number of piperidine rings is 1. The second-order valence-electron chi connectivity index (χ2n) is 4.71. The zero-order valence-corrected chi connectivity index (χ0v) is 11.6. The van der Waals surface area contributed by atoms with Crippen molar-refractivity contribution in [2.75, 3.05) is 31.6 Å². The van der Waals surface area contributed by atoms with Gasteiger partial charge in [-0.25, -0.2) is 4.79 Å². The first-order valence-electron chi connectivity index (χ1n) is 6.35. The number of carbonyl (C=O) groups excluding carboxylic acids is 1. The van der Waals surface area contributed by atoms with Crippen LogP contribution in [0.2, 0.25) is 0 Å². The van der Waals surface area contributed by atoms with Crippen molar-refractivity contribution < 1.29 is 9.90 Å². The highest BCUT2D eigenvalue weighted by atomic mass is 32.2. The van der Waals surface area contributed by atoms with Gasteiger partial charge < -0.3 is 15.3 Å². The third-order valence-corrected chi connectivity index (χ3v) is 3.95. The predicted molar refractivity (Wildman–Crippen MR) is 72.4 cm³/mol. The normalized spacial score (nSPS) is 24.8. The van der Waals surface area contributed by atoms with Crippen LogP contribution >= 0.6 is 11.8 Å². The Hall–Kier alpha value is -0.420. The monoisotopic (exact) mass is 260 g/mol. The molecule has 2 atom stereocenters. The van der Waals surface area contributed by atoms with Crippen LogP contribution in [-0.4, -0.2) is 53.8 Å². The topological polar surface area (TPSA) is 52.6 Å². The Morgan fingerprint density at radius 2 is 2.29 bits per heavy atom. The van der Waals surface area contributed by atoms with E-state index in [1.165, 1.54) is 0 Å². The van der Waals surface area contributed by atoms with Gasteiger partial charge in [-0.1, -0.05) is 6.92 Å².